The molecule has 0 aliphatic heterocycles. The number of rotatable bonds is 4. The van der Waals surface area contributed by atoms with Gasteiger partial charge in [-0.1, -0.05) is 25.9 Å². The van der Waals surface area contributed by atoms with Crippen molar-refractivity contribution in [2.45, 2.75) is 40.3 Å². The molecule has 0 aromatic carbocycles. The van der Waals surface area contributed by atoms with E-state index in [1.165, 1.54) is 0 Å². The third-order valence-corrected chi connectivity index (χ3v) is 3.17. The van der Waals surface area contributed by atoms with E-state index in [0.29, 0.717) is 18.1 Å². The molecular weight excluding hydrogens is 270 g/mol. The van der Waals surface area contributed by atoms with Crippen LogP contribution in [0.4, 0.5) is 10.6 Å². The highest BCUT2D eigenvalue weighted by Crippen LogP contribution is 2.21. The molecule has 0 aliphatic carbocycles. The first-order valence-corrected chi connectivity index (χ1v) is 6.81. The molecule has 2 amide bonds. The summed E-state index contributed by atoms with van der Waals surface area (Å²) in [6.07, 6.45) is 5.33. The number of amides is 2. The van der Waals surface area contributed by atoms with Crippen molar-refractivity contribution in [3.8, 4) is 0 Å². The Morgan fingerprint density at radius 3 is 2.76 bits per heavy atom. The molecule has 21 heavy (non-hydrogen) atoms. The number of nitrogens with zero attached hydrogens (tertiary/aromatic N) is 3. The van der Waals surface area contributed by atoms with Gasteiger partial charge in [-0.05, 0) is 12.3 Å². The van der Waals surface area contributed by atoms with Crippen molar-refractivity contribution < 1.29 is 9.32 Å². The lowest BCUT2D eigenvalue weighted by Crippen LogP contribution is -2.47. The number of hydrogen-bond acceptors (Lipinski definition) is 4. The molecule has 0 saturated carbocycles. The molecule has 0 bridgehead atoms. The maximum absolute atomic E-state index is 12.1. The molecule has 0 unspecified atom stereocenters. The molecule has 0 aliphatic rings. The Bertz CT molecular complexity index is 583. The second kappa shape index (κ2) is 5.99. The molecule has 2 N–H and O–H groups in total. The van der Waals surface area contributed by atoms with E-state index >= 15 is 0 Å². The first kappa shape index (κ1) is 15.1. The summed E-state index contributed by atoms with van der Waals surface area (Å²) >= 11 is 0. The minimum absolute atomic E-state index is 0.0558. The van der Waals surface area contributed by atoms with Crippen LogP contribution in [-0.2, 0) is 6.54 Å². The lowest BCUT2D eigenvalue weighted by Gasteiger charge is -2.31. The van der Waals surface area contributed by atoms with E-state index < -0.39 is 0 Å². The number of urea groups is 1. The second-order valence-corrected chi connectivity index (χ2v) is 6.10. The van der Waals surface area contributed by atoms with Crippen LogP contribution >= 0.6 is 0 Å². The van der Waals surface area contributed by atoms with Crippen molar-refractivity contribution in [1.29, 1.82) is 0 Å². The minimum Gasteiger partial charge on any atom is -0.360 e. The highest BCUT2D eigenvalue weighted by molar-refractivity contribution is 5.88. The number of aromatic nitrogens is 3. The van der Waals surface area contributed by atoms with E-state index in [1.807, 2.05) is 10.8 Å². The Kier molecular flexibility index (Phi) is 4.30. The van der Waals surface area contributed by atoms with Crippen LogP contribution < -0.4 is 10.6 Å². The number of imidazole rings is 1. The van der Waals surface area contributed by atoms with Crippen LogP contribution in [0.2, 0.25) is 0 Å². The van der Waals surface area contributed by atoms with Gasteiger partial charge in [-0.15, -0.1) is 0 Å². The van der Waals surface area contributed by atoms with Crippen LogP contribution in [0.5, 0.6) is 0 Å². The lowest BCUT2D eigenvalue weighted by molar-refractivity contribution is 0.218. The van der Waals surface area contributed by atoms with Gasteiger partial charge >= 0.3 is 6.03 Å². The normalized spacial score (nSPS) is 13.0. The summed E-state index contributed by atoms with van der Waals surface area (Å²) in [4.78, 5) is 16.1. The lowest BCUT2D eigenvalue weighted by atomic mass is 9.86. The van der Waals surface area contributed by atoms with Crippen LogP contribution in [0, 0.1) is 12.3 Å². The van der Waals surface area contributed by atoms with E-state index in [9.17, 15) is 4.79 Å². The first-order valence-electron chi connectivity index (χ1n) is 6.81. The standard InChI is InChI=1S/C14H21N5O2/c1-10-7-12(18-21-10)17-13(20)16-11(14(2,3)4)8-19-6-5-15-9-19/h5-7,9,11H,8H2,1-4H3,(H2,16,17,18,20)/t11-/m1/s1. The van der Waals surface area contributed by atoms with Gasteiger partial charge in [-0.25, -0.2) is 9.78 Å². The van der Waals surface area contributed by atoms with E-state index in [4.69, 9.17) is 4.52 Å². The summed E-state index contributed by atoms with van der Waals surface area (Å²) in [6, 6.07) is 1.31. The molecule has 0 radical (unpaired) electrons. The van der Waals surface area contributed by atoms with Gasteiger partial charge in [0.15, 0.2) is 5.82 Å². The molecule has 2 aromatic rings. The number of nitrogens with one attached hydrogen (secondary N) is 2. The predicted molar refractivity (Wildman–Crippen MR) is 78.9 cm³/mol. The quantitative estimate of drug-likeness (QED) is 0.906. The van der Waals surface area contributed by atoms with Gasteiger partial charge in [0, 0.05) is 25.0 Å². The van der Waals surface area contributed by atoms with Crippen molar-refractivity contribution in [3.05, 3.63) is 30.5 Å². The molecule has 2 aromatic heterocycles. The fourth-order valence-corrected chi connectivity index (χ4v) is 1.88. The summed E-state index contributed by atoms with van der Waals surface area (Å²) in [7, 11) is 0. The van der Waals surface area contributed by atoms with Crippen molar-refractivity contribution in [3.63, 3.8) is 0 Å². The predicted octanol–water partition coefficient (Wildman–Crippen LogP) is 2.42. The molecule has 1 atom stereocenters. The summed E-state index contributed by atoms with van der Waals surface area (Å²) < 4.78 is 6.86. The maximum Gasteiger partial charge on any atom is 0.320 e. The van der Waals surface area contributed by atoms with E-state index in [1.54, 1.807) is 25.5 Å². The Balaban J connectivity index is 1.99. The smallest absolute Gasteiger partial charge is 0.320 e. The largest absolute Gasteiger partial charge is 0.360 e. The fourth-order valence-electron chi connectivity index (χ4n) is 1.88. The summed E-state index contributed by atoms with van der Waals surface area (Å²) in [5.74, 6) is 1.05. The highest BCUT2D eigenvalue weighted by atomic mass is 16.5. The zero-order valence-corrected chi connectivity index (χ0v) is 12.8. The first-order chi connectivity index (χ1) is 9.84. The zero-order chi connectivity index (χ0) is 15.5. The minimum atomic E-state index is -0.302. The number of aryl methyl sites for hydroxylation is 1. The van der Waals surface area contributed by atoms with Gasteiger partial charge in [-0.3, -0.25) is 5.32 Å². The number of carbonyl (C=O) groups is 1. The van der Waals surface area contributed by atoms with E-state index in [-0.39, 0.29) is 17.5 Å². The summed E-state index contributed by atoms with van der Waals surface area (Å²) in [5.41, 5.74) is -0.0959. The number of hydrogen-bond donors (Lipinski definition) is 2. The molecule has 114 valence electrons. The van der Waals surface area contributed by atoms with Gasteiger partial charge in [0.05, 0.1) is 12.4 Å². The molecule has 2 rings (SSSR count). The van der Waals surface area contributed by atoms with Gasteiger partial charge in [0.1, 0.15) is 5.76 Å². The van der Waals surface area contributed by atoms with Gasteiger partial charge in [-0.2, -0.15) is 0 Å². The molecule has 7 heteroatoms. The molecule has 7 nitrogen and oxygen atoms in total. The van der Waals surface area contributed by atoms with Crippen LogP contribution in [0.3, 0.4) is 0 Å². The third kappa shape index (κ3) is 4.34. The summed E-state index contributed by atoms with van der Waals surface area (Å²) in [6.45, 7) is 8.65. The van der Waals surface area contributed by atoms with E-state index in [0.717, 1.165) is 0 Å². The van der Waals surface area contributed by atoms with Crippen molar-refractivity contribution >= 4 is 11.8 Å². The van der Waals surface area contributed by atoms with Gasteiger partial charge in [0.25, 0.3) is 0 Å². The Labute approximate surface area is 123 Å². The van der Waals surface area contributed by atoms with Crippen LogP contribution in [0.25, 0.3) is 0 Å². The zero-order valence-electron chi connectivity index (χ0n) is 12.8. The second-order valence-electron chi connectivity index (χ2n) is 6.10. The average Bonchev–Trinajstić information content (AvgIpc) is 2.99. The van der Waals surface area contributed by atoms with Gasteiger partial charge < -0.3 is 14.4 Å². The van der Waals surface area contributed by atoms with Crippen molar-refractivity contribution in [2.24, 2.45) is 5.41 Å². The third-order valence-electron chi connectivity index (χ3n) is 3.17. The Morgan fingerprint density at radius 1 is 1.48 bits per heavy atom. The maximum atomic E-state index is 12.1. The molecule has 0 saturated heterocycles. The molecular formula is C14H21N5O2. The number of carbonyl (C=O) groups excluding carboxylic acids is 1. The highest BCUT2D eigenvalue weighted by Gasteiger charge is 2.26. The van der Waals surface area contributed by atoms with E-state index in [2.05, 4.69) is 41.5 Å². The average molecular weight is 291 g/mol. The monoisotopic (exact) mass is 291 g/mol. The molecule has 0 spiro atoms. The fraction of sp³-hybridized carbons (Fsp3) is 0.500. The topological polar surface area (TPSA) is 85.0 Å². The number of anilines is 1. The van der Waals surface area contributed by atoms with Crippen LogP contribution in [0.1, 0.15) is 26.5 Å². The molecule has 2 heterocycles. The van der Waals surface area contributed by atoms with Crippen molar-refractivity contribution in [2.75, 3.05) is 5.32 Å². The SMILES string of the molecule is Cc1cc(NC(=O)N[C@H](Cn2ccnc2)C(C)(C)C)no1. The summed E-state index contributed by atoms with van der Waals surface area (Å²) in [5, 5.41) is 9.38. The Morgan fingerprint density at radius 2 is 2.24 bits per heavy atom. The molecule has 0 fully saturated rings. The van der Waals surface area contributed by atoms with Crippen LogP contribution in [-0.4, -0.2) is 26.8 Å². The Hall–Kier alpha value is -2.31. The van der Waals surface area contributed by atoms with Crippen molar-refractivity contribution in [1.82, 2.24) is 20.0 Å². The van der Waals surface area contributed by atoms with Crippen LogP contribution in [0.15, 0.2) is 29.3 Å². The van der Waals surface area contributed by atoms with Gasteiger partial charge in [0.2, 0.25) is 0 Å².